The second kappa shape index (κ2) is 9.47. The number of nitrogens with one attached hydrogen (secondary N) is 1. The van der Waals surface area contributed by atoms with Gasteiger partial charge in [0.15, 0.2) is 0 Å². The minimum absolute atomic E-state index is 0.0619. The van der Waals surface area contributed by atoms with Crippen LogP contribution in [0.2, 0.25) is 0 Å². The molecule has 1 fully saturated rings. The first-order chi connectivity index (χ1) is 14.6. The Morgan fingerprint density at radius 1 is 0.968 bits per heavy atom. The smallest absolute Gasteiger partial charge is 0.340 e. The highest BCUT2D eigenvalue weighted by molar-refractivity contribution is 5.94. The van der Waals surface area contributed by atoms with Crippen LogP contribution in [0.1, 0.15) is 18.1 Å². The summed E-state index contributed by atoms with van der Waals surface area (Å²) in [7, 11) is 0. The van der Waals surface area contributed by atoms with E-state index in [1.165, 1.54) is 24.3 Å². The Kier molecular flexibility index (Phi) is 6.94. The van der Waals surface area contributed by atoms with Crippen molar-refractivity contribution in [2.75, 3.05) is 31.5 Å². The lowest BCUT2D eigenvalue weighted by Crippen LogP contribution is -2.54. The SMILES string of the molecule is CC(C(=O)Nc1ccc(C(F)(F)F)cc1)N1CCN(C(=O)Cc2ccc(F)cc2)CC1. The maximum absolute atomic E-state index is 13.0. The van der Waals surface area contributed by atoms with Crippen molar-refractivity contribution in [3.05, 3.63) is 65.5 Å². The van der Waals surface area contributed by atoms with Gasteiger partial charge in [0.25, 0.3) is 0 Å². The van der Waals surface area contributed by atoms with Gasteiger partial charge in [-0.05, 0) is 48.9 Å². The maximum atomic E-state index is 13.0. The van der Waals surface area contributed by atoms with Gasteiger partial charge in [-0.25, -0.2) is 4.39 Å². The van der Waals surface area contributed by atoms with Crippen molar-refractivity contribution < 1.29 is 27.2 Å². The van der Waals surface area contributed by atoms with E-state index in [0.29, 0.717) is 26.2 Å². The predicted molar refractivity (Wildman–Crippen MR) is 108 cm³/mol. The molecule has 166 valence electrons. The van der Waals surface area contributed by atoms with Crippen molar-refractivity contribution in [3.63, 3.8) is 0 Å². The van der Waals surface area contributed by atoms with Crippen LogP contribution in [0.3, 0.4) is 0 Å². The van der Waals surface area contributed by atoms with Crippen LogP contribution in [0.15, 0.2) is 48.5 Å². The highest BCUT2D eigenvalue weighted by Crippen LogP contribution is 2.29. The van der Waals surface area contributed by atoms with Gasteiger partial charge in [0, 0.05) is 31.9 Å². The largest absolute Gasteiger partial charge is 0.416 e. The molecular weight excluding hydrogens is 414 g/mol. The predicted octanol–water partition coefficient (Wildman–Crippen LogP) is 3.56. The molecule has 1 aliphatic rings. The fraction of sp³-hybridized carbons (Fsp3) is 0.364. The van der Waals surface area contributed by atoms with Gasteiger partial charge in [0.2, 0.25) is 11.8 Å². The molecule has 2 aromatic carbocycles. The Hall–Kier alpha value is -2.94. The highest BCUT2D eigenvalue weighted by Gasteiger charge is 2.30. The number of nitrogens with zero attached hydrogens (tertiary/aromatic N) is 2. The first kappa shape index (κ1) is 22.7. The molecule has 1 atom stereocenters. The Balaban J connectivity index is 1.48. The molecule has 1 saturated heterocycles. The van der Waals surface area contributed by atoms with E-state index in [1.54, 1.807) is 24.0 Å². The molecule has 0 bridgehead atoms. The van der Waals surface area contributed by atoms with Crippen molar-refractivity contribution in [1.82, 2.24) is 9.80 Å². The molecule has 0 saturated carbocycles. The van der Waals surface area contributed by atoms with Gasteiger partial charge < -0.3 is 10.2 Å². The number of rotatable bonds is 5. The first-order valence-corrected chi connectivity index (χ1v) is 9.88. The van der Waals surface area contributed by atoms with E-state index < -0.39 is 17.8 Å². The zero-order valence-corrected chi connectivity index (χ0v) is 17.0. The number of amides is 2. The van der Waals surface area contributed by atoms with Gasteiger partial charge in [0.05, 0.1) is 18.0 Å². The van der Waals surface area contributed by atoms with Gasteiger partial charge >= 0.3 is 6.18 Å². The van der Waals surface area contributed by atoms with Crippen LogP contribution >= 0.6 is 0 Å². The molecule has 31 heavy (non-hydrogen) atoms. The summed E-state index contributed by atoms with van der Waals surface area (Å²) in [6.07, 6.45) is -4.24. The second-order valence-electron chi connectivity index (χ2n) is 7.46. The van der Waals surface area contributed by atoms with Crippen molar-refractivity contribution in [2.45, 2.75) is 25.6 Å². The number of hydrogen-bond donors (Lipinski definition) is 1. The van der Waals surface area contributed by atoms with Crippen LogP contribution in [-0.2, 0) is 22.2 Å². The number of halogens is 4. The fourth-order valence-corrected chi connectivity index (χ4v) is 3.40. The van der Waals surface area contributed by atoms with Crippen molar-refractivity contribution in [2.24, 2.45) is 0 Å². The molecule has 3 rings (SSSR count). The molecule has 9 heteroatoms. The van der Waals surface area contributed by atoms with E-state index in [0.717, 1.165) is 17.7 Å². The van der Waals surface area contributed by atoms with E-state index in [2.05, 4.69) is 5.32 Å². The first-order valence-electron chi connectivity index (χ1n) is 9.88. The summed E-state index contributed by atoms with van der Waals surface area (Å²) < 4.78 is 50.9. The molecule has 1 heterocycles. The van der Waals surface area contributed by atoms with Crippen LogP contribution in [0, 0.1) is 5.82 Å². The lowest BCUT2D eigenvalue weighted by atomic mass is 10.1. The lowest BCUT2D eigenvalue weighted by Gasteiger charge is -2.37. The summed E-state index contributed by atoms with van der Waals surface area (Å²) in [6, 6.07) is 9.58. The normalized spacial score (nSPS) is 16.1. The summed E-state index contributed by atoms with van der Waals surface area (Å²) in [4.78, 5) is 28.6. The molecule has 2 amide bonds. The van der Waals surface area contributed by atoms with Crippen LogP contribution in [0.25, 0.3) is 0 Å². The monoisotopic (exact) mass is 437 g/mol. The van der Waals surface area contributed by atoms with E-state index in [-0.39, 0.29) is 29.7 Å². The van der Waals surface area contributed by atoms with E-state index in [9.17, 15) is 27.2 Å². The third kappa shape index (κ3) is 6.04. The minimum Gasteiger partial charge on any atom is -0.340 e. The molecule has 0 aromatic heterocycles. The Labute approximate surface area is 177 Å². The molecular formula is C22H23F4N3O2. The number of alkyl halides is 3. The quantitative estimate of drug-likeness (QED) is 0.728. The number of carbonyl (C=O) groups is 2. The van der Waals surface area contributed by atoms with Crippen LogP contribution in [0.4, 0.5) is 23.2 Å². The molecule has 1 unspecified atom stereocenters. The van der Waals surface area contributed by atoms with Crippen LogP contribution in [0.5, 0.6) is 0 Å². The minimum atomic E-state index is -4.43. The van der Waals surface area contributed by atoms with E-state index >= 15 is 0 Å². The van der Waals surface area contributed by atoms with E-state index in [1.807, 2.05) is 4.90 Å². The summed E-state index contributed by atoms with van der Waals surface area (Å²) in [5.41, 5.74) is 0.246. The molecule has 1 aliphatic heterocycles. The molecule has 0 aliphatic carbocycles. The van der Waals surface area contributed by atoms with Crippen molar-refractivity contribution in [3.8, 4) is 0 Å². The summed E-state index contributed by atoms with van der Waals surface area (Å²) in [5, 5.41) is 2.63. The van der Waals surface area contributed by atoms with Gasteiger partial charge in [-0.3, -0.25) is 14.5 Å². The standard InChI is InChI=1S/C22H23F4N3O2/c1-15(21(31)27-19-8-4-17(5-9-19)22(24,25)26)28-10-12-29(13-11-28)20(30)14-16-2-6-18(23)7-3-16/h2-9,15H,10-14H2,1H3,(H,27,31). The number of piperazine rings is 1. The summed E-state index contributed by atoms with van der Waals surface area (Å²) >= 11 is 0. The third-order valence-electron chi connectivity index (χ3n) is 5.34. The van der Waals surface area contributed by atoms with Crippen LogP contribution < -0.4 is 5.32 Å². The maximum Gasteiger partial charge on any atom is 0.416 e. The lowest BCUT2D eigenvalue weighted by molar-refractivity contribution is -0.137. The van der Waals surface area contributed by atoms with E-state index in [4.69, 9.17) is 0 Å². The zero-order chi connectivity index (χ0) is 22.6. The number of benzene rings is 2. The number of hydrogen-bond acceptors (Lipinski definition) is 3. The summed E-state index contributed by atoms with van der Waals surface area (Å²) in [5.74, 6) is -0.743. The third-order valence-corrected chi connectivity index (χ3v) is 5.34. The zero-order valence-electron chi connectivity index (χ0n) is 17.0. The van der Waals surface area contributed by atoms with Gasteiger partial charge in [0.1, 0.15) is 5.82 Å². The molecule has 0 radical (unpaired) electrons. The van der Waals surface area contributed by atoms with Crippen LogP contribution in [-0.4, -0.2) is 53.8 Å². The summed E-state index contributed by atoms with van der Waals surface area (Å²) in [6.45, 7) is 3.62. The highest BCUT2D eigenvalue weighted by atomic mass is 19.4. The van der Waals surface area contributed by atoms with Crippen molar-refractivity contribution >= 4 is 17.5 Å². The topological polar surface area (TPSA) is 52.7 Å². The Morgan fingerprint density at radius 3 is 2.10 bits per heavy atom. The van der Waals surface area contributed by atoms with Crippen molar-refractivity contribution in [1.29, 1.82) is 0 Å². The molecule has 2 aromatic rings. The molecule has 5 nitrogen and oxygen atoms in total. The Bertz CT molecular complexity index is 906. The van der Waals surface area contributed by atoms with Gasteiger partial charge in [-0.1, -0.05) is 12.1 Å². The average Bonchev–Trinajstić information content (AvgIpc) is 2.74. The molecule has 0 spiro atoms. The number of carbonyl (C=O) groups excluding carboxylic acids is 2. The van der Waals surface area contributed by atoms with Gasteiger partial charge in [-0.2, -0.15) is 13.2 Å². The average molecular weight is 437 g/mol. The number of anilines is 1. The fourth-order valence-electron chi connectivity index (χ4n) is 3.40. The second-order valence-corrected chi connectivity index (χ2v) is 7.46. The van der Waals surface area contributed by atoms with Gasteiger partial charge in [-0.15, -0.1) is 0 Å². The molecule has 1 N–H and O–H groups in total. The Morgan fingerprint density at radius 2 is 1.55 bits per heavy atom.